The lowest BCUT2D eigenvalue weighted by Gasteiger charge is -2.11. The first kappa shape index (κ1) is 17.6. The maximum Gasteiger partial charge on any atom is 0.250 e. The predicted octanol–water partition coefficient (Wildman–Crippen LogP) is 0.756. The van der Waals surface area contributed by atoms with Gasteiger partial charge in [0.1, 0.15) is 0 Å². The summed E-state index contributed by atoms with van der Waals surface area (Å²) in [6, 6.07) is 5.27. The van der Waals surface area contributed by atoms with E-state index in [-0.39, 0.29) is 23.1 Å². The summed E-state index contributed by atoms with van der Waals surface area (Å²) in [6.45, 7) is 0.843. The third-order valence-corrected chi connectivity index (χ3v) is 4.69. The minimum absolute atomic E-state index is 0.00513. The fourth-order valence-electron chi connectivity index (χ4n) is 2.59. The number of nitrogens with one attached hydrogen (secondary N) is 2. The van der Waals surface area contributed by atoms with E-state index >= 15 is 0 Å². The first-order chi connectivity index (χ1) is 11.1. The minimum atomic E-state index is -0.118. The Kier molecular flexibility index (Phi) is 7.19. The number of carbonyl (C=O) groups is 2. The minimum Gasteiger partial charge on any atom is -0.354 e. The van der Waals surface area contributed by atoms with Crippen molar-refractivity contribution in [3.05, 3.63) is 34.7 Å². The quantitative estimate of drug-likeness (QED) is 0.734. The van der Waals surface area contributed by atoms with Crippen LogP contribution in [-0.2, 0) is 16.1 Å². The summed E-state index contributed by atoms with van der Waals surface area (Å²) in [4.78, 5) is 34.9. The summed E-state index contributed by atoms with van der Waals surface area (Å²) in [5, 5.41) is 5.75. The highest BCUT2D eigenvalue weighted by atomic mass is 32.2. The molecule has 1 saturated carbocycles. The predicted molar refractivity (Wildman–Crippen MR) is 91.4 cm³/mol. The SMILES string of the molecule is O=C(CSCC(=O)NC1CCCC1)NCCn1ccccc1=O. The Morgan fingerprint density at radius 1 is 1.17 bits per heavy atom. The highest BCUT2D eigenvalue weighted by Crippen LogP contribution is 2.17. The van der Waals surface area contributed by atoms with E-state index in [1.165, 1.54) is 30.7 Å². The van der Waals surface area contributed by atoms with Crippen LogP contribution in [0, 0.1) is 0 Å². The summed E-state index contributed by atoms with van der Waals surface area (Å²) in [5.74, 6) is 0.447. The van der Waals surface area contributed by atoms with E-state index < -0.39 is 0 Å². The number of nitrogens with zero attached hydrogens (tertiary/aromatic N) is 1. The van der Waals surface area contributed by atoms with Gasteiger partial charge in [-0.05, 0) is 18.9 Å². The van der Waals surface area contributed by atoms with Gasteiger partial charge in [-0.3, -0.25) is 14.4 Å². The average molecular weight is 337 g/mol. The number of hydrogen-bond acceptors (Lipinski definition) is 4. The van der Waals surface area contributed by atoms with Crippen LogP contribution in [0.25, 0.3) is 0 Å². The van der Waals surface area contributed by atoms with Crippen LogP contribution in [-0.4, -0.2) is 40.5 Å². The monoisotopic (exact) mass is 337 g/mol. The maximum atomic E-state index is 11.7. The van der Waals surface area contributed by atoms with Crippen LogP contribution in [0.2, 0.25) is 0 Å². The van der Waals surface area contributed by atoms with E-state index in [1.54, 1.807) is 22.9 Å². The van der Waals surface area contributed by atoms with Crippen LogP contribution in [0.15, 0.2) is 29.2 Å². The molecule has 23 heavy (non-hydrogen) atoms. The van der Waals surface area contributed by atoms with Crippen molar-refractivity contribution in [3.63, 3.8) is 0 Å². The Hall–Kier alpha value is -1.76. The Bertz CT molecular complexity index is 582. The topological polar surface area (TPSA) is 80.2 Å². The van der Waals surface area contributed by atoms with Crippen molar-refractivity contribution in [2.75, 3.05) is 18.1 Å². The second-order valence-corrected chi connectivity index (χ2v) is 6.61. The number of hydrogen-bond donors (Lipinski definition) is 2. The maximum absolute atomic E-state index is 11.7. The number of carbonyl (C=O) groups excluding carboxylic acids is 2. The molecule has 1 aromatic rings. The molecule has 0 aliphatic heterocycles. The molecule has 0 saturated heterocycles. The molecule has 6 nitrogen and oxygen atoms in total. The largest absolute Gasteiger partial charge is 0.354 e. The lowest BCUT2D eigenvalue weighted by atomic mass is 10.2. The lowest BCUT2D eigenvalue weighted by molar-refractivity contribution is -0.119. The molecule has 0 atom stereocenters. The van der Waals surface area contributed by atoms with Gasteiger partial charge in [0.25, 0.3) is 5.56 Å². The molecule has 1 aromatic heterocycles. The Labute approximate surface area is 140 Å². The van der Waals surface area contributed by atoms with Crippen molar-refractivity contribution in [2.24, 2.45) is 0 Å². The van der Waals surface area contributed by atoms with Gasteiger partial charge < -0.3 is 15.2 Å². The Morgan fingerprint density at radius 2 is 1.91 bits per heavy atom. The van der Waals surface area contributed by atoms with Crippen molar-refractivity contribution in [2.45, 2.75) is 38.3 Å². The molecular formula is C16H23N3O3S. The summed E-state index contributed by atoms with van der Waals surface area (Å²) >= 11 is 1.31. The molecule has 1 aliphatic rings. The highest BCUT2D eigenvalue weighted by Gasteiger charge is 2.16. The highest BCUT2D eigenvalue weighted by molar-refractivity contribution is 8.00. The van der Waals surface area contributed by atoms with Gasteiger partial charge in [-0.15, -0.1) is 11.8 Å². The van der Waals surface area contributed by atoms with Crippen LogP contribution in [0.1, 0.15) is 25.7 Å². The van der Waals surface area contributed by atoms with Crippen LogP contribution in [0.4, 0.5) is 0 Å². The van der Waals surface area contributed by atoms with Crippen molar-refractivity contribution >= 4 is 23.6 Å². The molecule has 7 heteroatoms. The average Bonchev–Trinajstić information content (AvgIpc) is 3.02. The van der Waals surface area contributed by atoms with Crippen LogP contribution >= 0.6 is 11.8 Å². The fraction of sp³-hybridized carbons (Fsp3) is 0.562. The molecule has 1 heterocycles. The van der Waals surface area contributed by atoms with E-state index in [2.05, 4.69) is 10.6 Å². The van der Waals surface area contributed by atoms with Gasteiger partial charge in [0.05, 0.1) is 11.5 Å². The summed E-state index contributed by atoms with van der Waals surface area (Å²) in [7, 11) is 0. The molecule has 126 valence electrons. The normalized spacial score (nSPS) is 14.6. The van der Waals surface area contributed by atoms with Gasteiger partial charge in [0.2, 0.25) is 11.8 Å². The van der Waals surface area contributed by atoms with Gasteiger partial charge in [-0.25, -0.2) is 0 Å². The smallest absolute Gasteiger partial charge is 0.250 e. The third-order valence-electron chi connectivity index (χ3n) is 3.76. The molecule has 2 rings (SSSR count). The molecule has 0 bridgehead atoms. The second kappa shape index (κ2) is 9.39. The molecule has 2 amide bonds. The second-order valence-electron chi connectivity index (χ2n) is 5.62. The number of aromatic nitrogens is 1. The van der Waals surface area contributed by atoms with E-state index in [1.807, 2.05) is 0 Å². The van der Waals surface area contributed by atoms with Crippen LogP contribution < -0.4 is 16.2 Å². The van der Waals surface area contributed by atoms with Crippen molar-refractivity contribution in [3.8, 4) is 0 Å². The zero-order valence-electron chi connectivity index (χ0n) is 13.1. The fourth-order valence-corrected chi connectivity index (χ4v) is 3.25. The van der Waals surface area contributed by atoms with Gasteiger partial charge >= 0.3 is 0 Å². The number of thioether (sulfide) groups is 1. The third kappa shape index (κ3) is 6.48. The van der Waals surface area contributed by atoms with Gasteiger partial charge in [-0.2, -0.15) is 0 Å². The van der Waals surface area contributed by atoms with Gasteiger partial charge in [0, 0.05) is 31.4 Å². The summed E-state index contributed by atoms with van der Waals surface area (Å²) in [5.41, 5.74) is -0.0836. The first-order valence-electron chi connectivity index (χ1n) is 7.94. The molecule has 1 fully saturated rings. The van der Waals surface area contributed by atoms with E-state index in [0.29, 0.717) is 24.9 Å². The zero-order chi connectivity index (χ0) is 16.5. The van der Waals surface area contributed by atoms with E-state index in [0.717, 1.165) is 12.8 Å². The van der Waals surface area contributed by atoms with Crippen molar-refractivity contribution in [1.82, 2.24) is 15.2 Å². The standard InChI is InChI=1S/C16H23N3O3S/c20-14(17-8-10-19-9-4-3-7-16(19)22)11-23-12-15(21)18-13-5-1-2-6-13/h3-4,7,9,13H,1-2,5-6,8,10-12H2,(H,17,20)(H,18,21). The molecular weight excluding hydrogens is 314 g/mol. The molecule has 2 N–H and O–H groups in total. The Morgan fingerprint density at radius 3 is 2.65 bits per heavy atom. The first-order valence-corrected chi connectivity index (χ1v) is 9.10. The van der Waals surface area contributed by atoms with Crippen molar-refractivity contribution in [1.29, 1.82) is 0 Å². The number of pyridine rings is 1. The molecule has 1 aliphatic carbocycles. The Balaban J connectivity index is 1.55. The zero-order valence-corrected chi connectivity index (χ0v) is 13.9. The number of rotatable bonds is 8. The van der Waals surface area contributed by atoms with E-state index in [9.17, 15) is 14.4 Å². The summed E-state index contributed by atoms with van der Waals surface area (Å²) in [6.07, 6.45) is 6.19. The van der Waals surface area contributed by atoms with Crippen LogP contribution in [0.3, 0.4) is 0 Å². The van der Waals surface area contributed by atoms with Gasteiger partial charge in [0.15, 0.2) is 0 Å². The molecule has 0 radical (unpaired) electrons. The summed E-state index contributed by atoms with van der Waals surface area (Å²) < 4.78 is 1.54. The number of amides is 2. The molecule has 0 spiro atoms. The van der Waals surface area contributed by atoms with E-state index in [4.69, 9.17) is 0 Å². The van der Waals surface area contributed by atoms with Crippen LogP contribution in [0.5, 0.6) is 0 Å². The lowest BCUT2D eigenvalue weighted by Crippen LogP contribution is -2.35. The molecule has 0 aromatic carbocycles. The molecule has 0 unspecified atom stereocenters. The van der Waals surface area contributed by atoms with Gasteiger partial charge in [-0.1, -0.05) is 18.9 Å². The van der Waals surface area contributed by atoms with Crippen molar-refractivity contribution < 1.29 is 9.59 Å².